The minimum absolute atomic E-state index is 0.287. The third kappa shape index (κ3) is 5.21. The monoisotopic (exact) mass is 474 g/mol. The van der Waals surface area contributed by atoms with E-state index in [-0.39, 0.29) is 6.04 Å². The molecule has 10 nitrogen and oxygen atoms in total. The Balaban J connectivity index is 0.000000815. The van der Waals surface area contributed by atoms with Crippen molar-refractivity contribution >= 4 is 17.2 Å². The van der Waals surface area contributed by atoms with Crippen molar-refractivity contribution in [3.05, 3.63) is 55.0 Å². The fourth-order valence-electron chi connectivity index (χ4n) is 3.51. The van der Waals surface area contributed by atoms with Crippen LogP contribution in [0.4, 0.5) is 11.6 Å². The van der Waals surface area contributed by atoms with E-state index in [9.17, 15) is 0 Å². The largest absolute Gasteiger partial charge is 0.331 e. The smallest absolute Gasteiger partial charge is 0.218 e. The van der Waals surface area contributed by atoms with Crippen LogP contribution in [0.2, 0.25) is 0 Å². The van der Waals surface area contributed by atoms with Gasteiger partial charge >= 0.3 is 0 Å². The van der Waals surface area contributed by atoms with Crippen molar-refractivity contribution < 1.29 is 0 Å². The van der Waals surface area contributed by atoms with Gasteiger partial charge in [-0.25, -0.2) is 19.5 Å². The molecular formula is C25H34N10. The van der Waals surface area contributed by atoms with Crippen molar-refractivity contribution in [2.24, 2.45) is 7.05 Å². The van der Waals surface area contributed by atoms with Gasteiger partial charge in [0.25, 0.3) is 0 Å². The number of hydrogen-bond donors (Lipinski definition) is 1. The Morgan fingerprint density at radius 2 is 1.71 bits per heavy atom. The van der Waals surface area contributed by atoms with Crippen molar-refractivity contribution in [2.45, 2.75) is 54.5 Å². The average molecular weight is 475 g/mol. The number of anilines is 2. The summed E-state index contributed by atoms with van der Waals surface area (Å²) in [5.74, 6) is 2.39. The number of aromatic nitrogens is 9. The molecular weight excluding hydrogens is 440 g/mol. The molecule has 0 aliphatic carbocycles. The Morgan fingerprint density at radius 3 is 2.31 bits per heavy atom. The van der Waals surface area contributed by atoms with Gasteiger partial charge in [0.15, 0.2) is 11.6 Å². The number of nitrogens with one attached hydrogen (secondary N) is 1. The van der Waals surface area contributed by atoms with Crippen molar-refractivity contribution in [3.63, 3.8) is 0 Å². The van der Waals surface area contributed by atoms with E-state index in [0.29, 0.717) is 23.3 Å². The van der Waals surface area contributed by atoms with Crippen LogP contribution < -0.4 is 5.32 Å². The number of aryl methyl sites for hydroxylation is 2. The second kappa shape index (κ2) is 11.4. The Bertz CT molecular complexity index is 1360. The first kappa shape index (κ1) is 25.5. The molecule has 0 aliphatic rings. The molecule has 1 N–H and O–H groups in total. The molecule has 5 heterocycles. The van der Waals surface area contributed by atoms with Crippen LogP contribution in [0, 0.1) is 6.92 Å². The number of nitrogens with zero attached hydrogens (tertiary/aromatic N) is 9. The molecule has 0 atom stereocenters. The predicted molar refractivity (Wildman–Crippen MR) is 140 cm³/mol. The third-order valence-corrected chi connectivity index (χ3v) is 5.13. The molecule has 184 valence electrons. The van der Waals surface area contributed by atoms with Gasteiger partial charge in [-0.15, -0.1) is 5.10 Å². The fraction of sp³-hybridized carbons (Fsp3) is 0.360. The van der Waals surface area contributed by atoms with Crippen LogP contribution in [0.25, 0.3) is 28.4 Å². The number of fused-ring (bicyclic) bond motifs is 1. The maximum Gasteiger partial charge on any atom is 0.218 e. The van der Waals surface area contributed by atoms with Crippen LogP contribution in [0.3, 0.4) is 0 Å². The molecule has 0 saturated heterocycles. The first-order chi connectivity index (χ1) is 17.0. The molecule has 0 radical (unpaired) electrons. The van der Waals surface area contributed by atoms with Gasteiger partial charge < -0.3 is 9.88 Å². The Kier molecular flexibility index (Phi) is 8.30. The highest BCUT2D eigenvalue weighted by atomic mass is 15.3. The molecule has 0 unspecified atom stereocenters. The molecule has 5 rings (SSSR count). The maximum absolute atomic E-state index is 4.78. The Morgan fingerprint density at radius 1 is 0.943 bits per heavy atom. The van der Waals surface area contributed by atoms with E-state index in [0.717, 1.165) is 22.3 Å². The average Bonchev–Trinajstić information content (AvgIpc) is 3.61. The zero-order valence-electron chi connectivity index (χ0n) is 21.7. The van der Waals surface area contributed by atoms with Gasteiger partial charge in [-0.2, -0.15) is 5.10 Å². The van der Waals surface area contributed by atoms with Crippen LogP contribution in [0.15, 0.2) is 49.4 Å². The molecule has 0 amide bonds. The van der Waals surface area contributed by atoms with Gasteiger partial charge in [0.05, 0.1) is 11.9 Å². The maximum atomic E-state index is 4.78. The van der Waals surface area contributed by atoms with Gasteiger partial charge in [-0.1, -0.05) is 27.7 Å². The minimum Gasteiger partial charge on any atom is -0.331 e. The molecule has 5 aromatic rings. The quantitative estimate of drug-likeness (QED) is 0.360. The Labute approximate surface area is 206 Å². The summed E-state index contributed by atoms with van der Waals surface area (Å²) in [5, 5.41) is 12.8. The highest BCUT2D eigenvalue weighted by Gasteiger charge is 2.20. The number of rotatable bonds is 5. The van der Waals surface area contributed by atoms with Crippen LogP contribution in [0.1, 0.15) is 53.1 Å². The topological polar surface area (TPSA) is 104 Å². The SMILES string of the molecule is CC.CC.Cc1c(-c2ccn(C(C)C)n2)cn2nc(-c3nccn3C)nc(Nc3cnccn3)c12. The molecule has 0 saturated carbocycles. The number of imidazole rings is 1. The van der Waals surface area contributed by atoms with E-state index in [2.05, 4.69) is 34.1 Å². The van der Waals surface area contributed by atoms with E-state index in [4.69, 9.17) is 15.2 Å². The third-order valence-electron chi connectivity index (χ3n) is 5.13. The molecule has 10 heteroatoms. The standard InChI is InChI=1S/C21H22N10.2C2H6/c1-13(2)30-9-5-16(27-30)15-12-31-18(14(15)3)19(25-17-11-22-6-7-23-17)26-20(28-31)21-24-8-10-29(21)4;2*1-2/h5-13H,1-4H3,(H,23,25,26,28);2*1-2H3. The zero-order chi connectivity index (χ0) is 25.5. The van der Waals surface area contributed by atoms with E-state index >= 15 is 0 Å². The van der Waals surface area contributed by atoms with Crippen LogP contribution >= 0.6 is 0 Å². The van der Waals surface area contributed by atoms with Crippen molar-refractivity contribution in [1.82, 2.24) is 43.9 Å². The van der Waals surface area contributed by atoms with Crippen molar-refractivity contribution in [1.29, 1.82) is 0 Å². The highest BCUT2D eigenvalue weighted by molar-refractivity contribution is 5.83. The lowest BCUT2D eigenvalue weighted by Crippen LogP contribution is -2.06. The van der Waals surface area contributed by atoms with Crippen LogP contribution in [0.5, 0.6) is 0 Å². The lowest BCUT2D eigenvalue weighted by Gasteiger charge is -2.09. The fourth-order valence-corrected chi connectivity index (χ4v) is 3.51. The van der Waals surface area contributed by atoms with Gasteiger partial charge in [0.1, 0.15) is 11.3 Å². The van der Waals surface area contributed by atoms with Crippen molar-refractivity contribution in [2.75, 3.05) is 5.32 Å². The van der Waals surface area contributed by atoms with Gasteiger partial charge in [-0.05, 0) is 32.4 Å². The van der Waals surface area contributed by atoms with Gasteiger partial charge in [0.2, 0.25) is 5.82 Å². The molecule has 0 fully saturated rings. The molecule has 35 heavy (non-hydrogen) atoms. The molecule has 0 bridgehead atoms. The lowest BCUT2D eigenvalue weighted by atomic mass is 10.1. The summed E-state index contributed by atoms with van der Waals surface area (Å²) in [5.41, 5.74) is 3.75. The summed E-state index contributed by atoms with van der Waals surface area (Å²) in [4.78, 5) is 17.7. The summed E-state index contributed by atoms with van der Waals surface area (Å²) >= 11 is 0. The molecule has 0 aliphatic heterocycles. The van der Waals surface area contributed by atoms with Gasteiger partial charge in [-0.3, -0.25) is 9.67 Å². The normalized spacial score (nSPS) is 10.5. The van der Waals surface area contributed by atoms with E-state index in [1.807, 2.05) is 80.1 Å². The molecule has 5 aromatic heterocycles. The first-order valence-electron chi connectivity index (χ1n) is 12.0. The van der Waals surface area contributed by atoms with Crippen molar-refractivity contribution in [3.8, 4) is 22.9 Å². The Hall–Kier alpha value is -4.08. The van der Waals surface area contributed by atoms with E-state index in [1.54, 1.807) is 24.8 Å². The second-order valence-corrected chi connectivity index (χ2v) is 7.60. The first-order valence-corrected chi connectivity index (χ1v) is 12.0. The van der Waals surface area contributed by atoms with Crippen LogP contribution in [-0.4, -0.2) is 43.9 Å². The lowest BCUT2D eigenvalue weighted by molar-refractivity contribution is 0.534. The minimum atomic E-state index is 0.287. The van der Waals surface area contributed by atoms with Crippen LogP contribution in [-0.2, 0) is 7.05 Å². The zero-order valence-corrected chi connectivity index (χ0v) is 21.7. The summed E-state index contributed by atoms with van der Waals surface area (Å²) in [7, 11) is 1.91. The summed E-state index contributed by atoms with van der Waals surface area (Å²) < 4.78 is 5.66. The summed E-state index contributed by atoms with van der Waals surface area (Å²) in [6.07, 6.45) is 12.5. The second-order valence-electron chi connectivity index (χ2n) is 7.60. The highest BCUT2D eigenvalue weighted by Crippen LogP contribution is 2.32. The molecule has 0 aromatic carbocycles. The van der Waals surface area contributed by atoms with Gasteiger partial charge in [0, 0.05) is 55.8 Å². The summed E-state index contributed by atoms with van der Waals surface area (Å²) in [6.45, 7) is 14.3. The predicted octanol–water partition coefficient (Wildman–Crippen LogP) is 5.47. The van der Waals surface area contributed by atoms with E-state index in [1.165, 1.54) is 0 Å². The molecule has 0 spiro atoms. The number of hydrogen-bond acceptors (Lipinski definition) is 7. The summed E-state index contributed by atoms with van der Waals surface area (Å²) in [6, 6.07) is 2.31. The van der Waals surface area contributed by atoms with E-state index < -0.39 is 0 Å².